The molecule has 160 valence electrons. The Bertz CT molecular complexity index is 804. The molecule has 1 aromatic rings. The highest BCUT2D eigenvalue weighted by Gasteiger charge is 2.51. The van der Waals surface area contributed by atoms with Crippen molar-refractivity contribution in [3.63, 3.8) is 0 Å². The third kappa shape index (κ3) is 4.03. The zero-order valence-corrected chi connectivity index (χ0v) is 17.5. The number of halogens is 1. The molecular weight excluding hydrogens is 379 g/mol. The Morgan fingerprint density at radius 1 is 0.967 bits per heavy atom. The second-order valence-electron chi connectivity index (χ2n) is 10.2. The van der Waals surface area contributed by atoms with Crippen LogP contribution < -0.4 is 5.32 Å². The van der Waals surface area contributed by atoms with Crippen LogP contribution >= 0.6 is 0 Å². The van der Waals surface area contributed by atoms with Gasteiger partial charge in [0.2, 0.25) is 11.8 Å². The highest BCUT2D eigenvalue weighted by Crippen LogP contribution is 2.55. The van der Waals surface area contributed by atoms with Gasteiger partial charge in [-0.2, -0.15) is 0 Å². The van der Waals surface area contributed by atoms with Gasteiger partial charge < -0.3 is 10.2 Å². The van der Waals surface area contributed by atoms with Crippen molar-refractivity contribution in [2.75, 3.05) is 13.1 Å². The lowest BCUT2D eigenvalue weighted by Gasteiger charge is -2.57. The fraction of sp³-hybridized carbons (Fsp3) is 0.600. The zero-order chi connectivity index (χ0) is 20.7. The normalized spacial score (nSPS) is 33.2. The van der Waals surface area contributed by atoms with Crippen LogP contribution in [-0.4, -0.2) is 35.3 Å². The van der Waals surface area contributed by atoms with E-state index in [0.29, 0.717) is 13.1 Å². The summed E-state index contributed by atoms with van der Waals surface area (Å²) in [5.74, 6) is 2.37. The van der Waals surface area contributed by atoms with Crippen molar-refractivity contribution in [1.29, 1.82) is 0 Å². The molecule has 2 amide bonds. The first-order chi connectivity index (χ1) is 14.5. The quantitative estimate of drug-likeness (QED) is 0.758. The van der Waals surface area contributed by atoms with Crippen LogP contribution in [0.3, 0.4) is 0 Å². The van der Waals surface area contributed by atoms with Crippen molar-refractivity contribution < 1.29 is 14.0 Å². The number of carbonyl (C=O) groups excluding carboxylic acids is 2. The van der Waals surface area contributed by atoms with Crippen molar-refractivity contribution >= 4 is 17.9 Å². The van der Waals surface area contributed by atoms with Gasteiger partial charge in [0.25, 0.3) is 0 Å². The minimum Gasteiger partial charge on any atom is -0.350 e. The topological polar surface area (TPSA) is 49.4 Å². The highest BCUT2D eigenvalue weighted by molar-refractivity contribution is 5.92. The van der Waals surface area contributed by atoms with Crippen LogP contribution in [0.5, 0.6) is 0 Å². The van der Waals surface area contributed by atoms with Crippen molar-refractivity contribution in [3.8, 4) is 0 Å². The third-order valence-electron chi connectivity index (χ3n) is 7.89. The van der Waals surface area contributed by atoms with Crippen LogP contribution in [0, 0.1) is 29.5 Å². The minimum absolute atomic E-state index is 0.0168. The Balaban J connectivity index is 1.13. The van der Waals surface area contributed by atoms with E-state index in [0.717, 1.165) is 36.2 Å². The van der Waals surface area contributed by atoms with E-state index in [4.69, 9.17) is 0 Å². The largest absolute Gasteiger partial charge is 0.350 e. The number of nitrogens with one attached hydrogen (secondary N) is 1. The van der Waals surface area contributed by atoms with E-state index in [9.17, 15) is 14.0 Å². The average Bonchev–Trinajstić information content (AvgIpc) is 2.72. The van der Waals surface area contributed by atoms with Crippen molar-refractivity contribution in [3.05, 3.63) is 41.7 Å². The molecule has 5 fully saturated rings. The van der Waals surface area contributed by atoms with Crippen molar-refractivity contribution in [2.24, 2.45) is 23.7 Å². The summed E-state index contributed by atoms with van der Waals surface area (Å²) in [7, 11) is 0. The summed E-state index contributed by atoms with van der Waals surface area (Å²) in [6, 6.07) is 6.08. The van der Waals surface area contributed by atoms with E-state index < -0.39 is 0 Å². The maximum atomic E-state index is 13.0. The summed E-state index contributed by atoms with van der Waals surface area (Å²) < 4.78 is 13.0. The van der Waals surface area contributed by atoms with E-state index in [1.807, 2.05) is 4.90 Å². The van der Waals surface area contributed by atoms with Gasteiger partial charge in [0.1, 0.15) is 5.82 Å². The molecule has 1 aliphatic heterocycles. The van der Waals surface area contributed by atoms with E-state index >= 15 is 0 Å². The molecule has 4 nitrogen and oxygen atoms in total. The van der Waals surface area contributed by atoms with Gasteiger partial charge in [-0.3, -0.25) is 9.59 Å². The van der Waals surface area contributed by atoms with Gasteiger partial charge in [-0.25, -0.2) is 4.39 Å². The number of hydrogen-bond donors (Lipinski definition) is 1. The number of likely N-dealkylation sites (tertiary alicyclic amines) is 1. The number of hydrogen-bond acceptors (Lipinski definition) is 2. The molecule has 0 unspecified atom stereocenters. The maximum absolute atomic E-state index is 13.0. The molecule has 0 aromatic heterocycles. The van der Waals surface area contributed by atoms with Crippen LogP contribution in [0.2, 0.25) is 0 Å². The van der Waals surface area contributed by atoms with Crippen LogP contribution in [0.1, 0.15) is 56.9 Å². The van der Waals surface area contributed by atoms with E-state index in [1.165, 1.54) is 50.7 Å². The lowest BCUT2D eigenvalue weighted by Crippen LogP contribution is -2.61. The van der Waals surface area contributed by atoms with Crippen LogP contribution in [-0.2, 0) is 9.59 Å². The third-order valence-corrected chi connectivity index (χ3v) is 7.89. The average molecular weight is 411 g/mol. The zero-order valence-electron chi connectivity index (χ0n) is 17.5. The predicted octanol–water partition coefficient (Wildman–Crippen LogP) is 4.16. The van der Waals surface area contributed by atoms with Crippen molar-refractivity contribution in [1.82, 2.24) is 10.2 Å². The van der Waals surface area contributed by atoms with Gasteiger partial charge in [0.05, 0.1) is 0 Å². The predicted molar refractivity (Wildman–Crippen MR) is 114 cm³/mol. The molecule has 30 heavy (non-hydrogen) atoms. The van der Waals surface area contributed by atoms with Gasteiger partial charge in [-0.05, 0) is 92.9 Å². The van der Waals surface area contributed by atoms with E-state index in [2.05, 4.69) is 5.32 Å². The Kier molecular flexibility index (Phi) is 5.16. The lowest BCUT2D eigenvalue weighted by atomic mass is 9.53. The second-order valence-corrected chi connectivity index (χ2v) is 10.2. The molecular formula is C25H31FN2O2. The number of amides is 2. The molecule has 5 heteroatoms. The molecule has 4 bridgehead atoms. The first kappa shape index (κ1) is 19.8. The smallest absolute Gasteiger partial charge is 0.246 e. The lowest BCUT2D eigenvalue weighted by molar-refractivity contribution is -0.135. The number of piperidine rings is 1. The fourth-order valence-electron chi connectivity index (χ4n) is 6.84. The SMILES string of the molecule is O=C(NC12CC3CC(CC(C3)C1)C2)C1CCN(C(=O)/C=C/c2ccc(F)cc2)CC1. The number of carbonyl (C=O) groups is 2. The first-order valence-corrected chi connectivity index (χ1v) is 11.5. The van der Waals surface area contributed by atoms with Gasteiger partial charge in [-0.1, -0.05) is 12.1 Å². The summed E-state index contributed by atoms with van der Waals surface area (Å²) in [6.45, 7) is 1.23. The fourth-order valence-corrected chi connectivity index (χ4v) is 6.84. The Morgan fingerprint density at radius 3 is 2.10 bits per heavy atom. The van der Waals surface area contributed by atoms with Crippen LogP contribution in [0.4, 0.5) is 4.39 Å². The number of rotatable bonds is 4. The van der Waals surface area contributed by atoms with Crippen LogP contribution in [0.25, 0.3) is 6.08 Å². The Morgan fingerprint density at radius 2 is 1.53 bits per heavy atom. The molecule has 4 aliphatic carbocycles. The molecule has 0 atom stereocenters. The summed E-state index contributed by atoms with van der Waals surface area (Å²) in [4.78, 5) is 27.3. The molecule has 1 saturated heterocycles. The molecule has 1 N–H and O–H groups in total. The summed E-state index contributed by atoms with van der Waals surface area (Å²) in [5, 5.41) is 3.50. The molecule has 0 spiro atoms. The van der Waals surface area contributed by atoms with Gasteiger partial charge in [-0.15, -0.1) is 0 Å². The first-order valence-electron chi connectivity index (χ1n) is 11.5. The highest BCUT2D eigenvalue weighted by atomic mass is 19.1. The monoisotopic (exact) mass is 410 g/mol. The van der Waals surface area contributed by atoms with Gasteiger partial charge in [0.15, 0.2) is 0 Å². The minimum atomic E-state index is -0.285. The molecule has 6 rings (SSSR count). The number of nitrogens with zero attached hydrogens (tertiary/aromatic N) is 1. The van der Waals surface area contributed by atoms with E-state index in [1.54, 1.807) is 24.3 Å². The number of benzene rings is 1. The second kappa shape index (κ2) is 7.82. The summed E-state index contributed by atoms with van der Waals surface area (Å²) >= 11 is 0. The molecule has 4 saturated carbocycles. The standard InChI is InChI=1S/C25H31FN2O2/c26-22-4-1-17(2-5-22)3-6-23(29)28-9-7-21(8-10-28)24(30)27-25-14-18-11-19(15-25)13-20(12-18)16-25/h1-6,18-21H,7-16H2,(H,27,30)/b6-3+. The van der Waals surface area contributed by atoms with Gasteiger partial charge in [0, 0.05) is 30.6 Å². The van der Waals surface area contributed by atoms with Crippen molar-refractivity contribution in [2.45, 2.75) is 56.9 Å². The molecule has 5 aliphatic rings. The van der Waals surface area contributed by atoms with E-state index in [-0.39, 0.29) is 29.1 Å². The Labute approximate surface area is 177 Å². The Hall–Kier alpha value is -2.17. The molecule has 0 radical (unpaired) electrons. The maximum Gasteiger partial charge on any atom is 0.246 e. The molecule has 1 heterocycles. The summed E-state index contributed by atoms with van der Waals surface area (Å²) in [6.07, 6.45) is 12.4. The van der Waals surface area contributed by atoms with Gasteiger partial charge >= 0.3 is 0 Å². The van der Waals surface area contributed by atoms with Crippen LogP contribution in [0.15, 0.2) is 30.3 Å². The molecule has 1 aromatic carbocycles. The summed E-state index contributed by atoms with van der Waals surface area (Å²) in [5.41, 5.74) is 0.867.